The molecule has 0 aliphatic heterocycles. The highest BCUT2D eigenvalue weighted by molar-refractivity contribution is 5.92. The van der Waals surface area contributed by atoms with E-state index in [1.54, 1.807) is 0 Å². The van der Waals surface area contributed by atoms with Crippen molar-refractivity contribution in [2.24, 2.45) is 5.73 Å². The van der Waals surface area contributed by atoms with Gasteiger partial charge in [-0.05, 0) is 19.8 Å². The van der Waals surface area contributed by atoms with E-state index in [9.17, 15) is 4.79 Å². The molecule has 0 radical (unpaired) electrons. The van der Waals surface area contributed by atoms with E-state index in [1.165, 1.54) is 25.2 Å². The molecule has 0 atom stereocenters. The minimum absolute atomic E-state index is 0.0915. The van der Waals surface area contributed by atoms with Gasteiger partial charge in [-0.1, -0.05) is 12.8 Å². The quantitative estimate of drug-likeness (QED) is 0.805. The van der Waals surface area contributed by atoms with E-state index in [1.807, 2.05) is 0 Å². The highest BCUT2D eigenvalue weighted by Gasteiger charge is 2.28. The predicted molar refractivity (Wildman–Crippen MR) is 61.0 cm³/mol. The number of nitrogens with two attached hydrogens (primary N) is 1. The summed E-state index contributed by atoms with van der Waals surface area (Å²) in [5.74, 6) is 0.0630. The Hall–Kier alpha value is -1.65. The third kappa shape index (κ3) is 2.29. The van der Waals surface area contributed by atoms with Crippen molar-refractivity contribution in [3.05, 3.63) is 18.0 Å². The summed E-state index contributed by atoms with van der Waals surface area (Å²) in [6.45, 7) is 2.17. The maximum atomic E-state index is 10.8. The first-order valence-electron chi connectivity index (χ1n) is 5.49. The first-order chi connectivity index (χ1) is 7.59. The van der Waals surface area contributed by atoms with E-state index >= 15 is 0 Å². The Labute approximate surface area is 94.5 Å². The topological polar surface area (TPSA) is 80.9 Å². The molecule has 3 N–H and O–H groups in total. The fourth-order valence-corrected chi connectivity index (χ4v) is 2.07. The average Bonchev–Trinajstić information content (AvgIpc) is 2.65. The highest BCUT2D eigenvalue weighted by atomic mass is 16.1. The number of nitrogens with zero attached hydrogens (tertiary/aromatic N) is 2. The Kier molecular flexibility index (Phi) is 2.77. The van der Waals surface area contributed by atoms with Gasteiger partial charge in [0.1, 0.15) is 0 Å². The van der Waals surface area contributed by atoms with Gasteiger partial charge >= 0.3 is 0 Å². The Balaban J connectivity index is 2.07. The number of hydrogen-bond acceptors (Lipinski definition) is 4. The lowest BCUT2D eigenvalue weighted by Gasteiger charge is -2.24. The highest BCUT2D eigenvalue weighted by Crippen LogP contribution is 2.31. The zero-order chi connectivity index (χ0) is 11.6. The number of nitrogens with one attached hydrogen (secondary N) is 1. The molecule has 1 aromatic heterocycles. The maximum absolute atomic E-state index is 10.8. The Bertz CT molecular complexity index is 381. The summed E-state index contributed by atoms with van der Waals surface area (Å²) in [6.07, 6.45) is 7.65. The van der Waals surface area contributed by atoms with Crippen molar-refractivity contribution in [1.29, 1.82) is 0 Å². The fraction of sp³-hybridized carbons (Fsp3) is 0.545. The fourth-order valence-electron chi connectivity index (χ4n) is 2.07. The van der Waals surface area contributed by atoms with Gasteiger partial charge in [-0.25, -0.2) is 9.97 Å². The summed E-state index contributed by atoms with van der Waals surface area (Å²) in [4.78, 5) is 19.0. The van der Waals surface area contributed by atoms with Crippen LogP contribution in [0.1, 0.15) is 43.0 Å². The van der Waals surface area contributed by atoms with E-state index in [0.717, 1.165) is 12.8 Å². The van der Waals surface area contributed by atoms with Crippen LogP contribution < -0.4 is 11.1 Å². The van der Waals surface area contributed by atoms with E-state index in [2.05, 4.69) is 22.2 Å². The molecule has 1 aliphatic rings. The Morgan fingerprint density at radius 1 is 1.38 bits per heavy atom. The molecule has 16 heavy (non-hydrogen) atoms. The third-order valence-electron chi connectivity index (χ3n) is 3.06. The molecule has 1 amide bonds. The van der Waals surface area contributed by atoms with Crippen LogP contribution in [-0.4, -0.2) is 21.4 Å². The van der Waals surface area contributed by atoms with Gasteiger partial charge in [0.05, 0.1) is 5.56 Å². The van der Waals surface area contributed by atoms with Crippen LogP contribution in [0, 0.1) is 0 Å². The molecule has 1 saturated carbocycles. The van der Waals surface area contributed by atoms with Gasteiger partial charge in [0.15, 0.2) is 0 Å². The summed E-state index contributed by atoms with van der Waals surface area (Å²) in [5, 5.41) is 3.31. The van der Waals surface area contributed by atoms with Crippen LogP contribution in [-0.2, 0) is 0 Å². The van der Waals surface area contributed by atoms with Gasteiger partial charge in [0, 0.05) is 17.9 Å². The van der Waals surface area contributed by atoms with Gasteiger partial charge in [-0.15, -0.1) is 0 Å². The lowest BCUT2D eigenvalue weighted by atomic mass is 10.0. The minimum atomic E-state index is -0.501. The number of carbonyl (C=O) groups excluding carboxylic acids is 1. The van der Waals surface area contributed by atoms with E-state index in [0.29, 0.717) is 11.5 Å². The number of anilines is 1. The van der Waals surface area contributed by atoms with Crippen molar-refractivity contribution in [2.45, 2.75) is 38.1 Å². The lowest BCUT2D eigenvalue weighted by molar-refractivity contribution is 0.0999. The molecular weight excluding hydrogens is 204 g/mol. The van der Waals surface area contributed by atoms with E-state index in [4.69, 9.17) is 5.73 Å². The normalized spacial score (nSPS) is 18.3. The third-order valence-corrected chi connectivity index (χ3v) is 3.06. The number of rotatable bonds is 3. The summed E-state index contributed by atoms with van der Waals surface area (Å²) in [6, 6.07) is 0. The second-order valence-corrected chi connectivity index (χ2v) is 4.55. The number of primary amides is 1. The summed E-state index contributed by atoms with van der Waals surface area (Å²) in [7, 11) is 0. The van der Waals surface area contributed by atoms with E-state index in [-0.39, 0.29) is 5.54 Å². The Morgan fingerprint density at radius 2 is 1.94 bits per heavy atom. The summed E-state index contributed by atoms with van der Waals surface area (Å²) in [5.41, 5.74) is 5.54. The largest absolute Gasteiger partial charge is 0.366 e. The molecule has 0 aromatic carbocycles. The molecule has 0 spiro atoms. The monoisotopic (exact) mass is 220 g/mol. The van der Waals surface area contributed by atoms with Crippen LogP contribution in [0.3, 0.4) is 0 Å². The number of aromatic nitrogens is 2. The maximum Gasteiger partial charge on any atom is 0.251 e. The van der Waals surface area contributed by atoms with Gasteiger partial charge in [0.25, 0.3) is 5.91 Å². The molecule has 1 aromatic rings. The van der Waals surface area contributed by atoms with Gasteiger partial charge < -0.3 is 11.1 Å². The SMILES string of the molecule is CC1(Nc2ncc(C(N)=O)cn2)CCCC1. The van der Waals surface area contributed by atoms with E-state index < -0.39 is 5.91 Å². The standard InChI is InChI=1S/C11H16N4O/c1-11(4-2-3-5-11)15-10-13-6-8(7-14-10)9(12)16/h6-7H,2-5H2,1H3,(H2,12,16)(H,13,14,15). The number of hydrogen-bond donors (Lipinski definition) is 2. The molecule has 1 heterocycles. The van der Waals surface area contributed by atoms with Crippen LogP contribution >= 0.6 is 0 Å². The second-order valence-electron chi connectivity index (χ2n) is 4.55. The molecule has 1 fully saturated rings. The average molecular weight is 220 g/mol. The molecule has 0 saturated heterocycles. The van der Waals surface area contributed by atoms with Gasteiger partial charge in [0.2, 0.25) is 5.95 Å². The first-order valence-corrected chi connectivity index (χ1v) is 5.49. The molecular formula is C11H16N4O. The summed E-state index contributed by atoms with van der Waals surface area (Å²) >= 11 is 0. The van der Waals surface area contributed by atoms with Crippen molar-refractivity contribution < 1.29 is 4.79 Å². The van der Waals surface area contributed by atoms with Crippen molar-refractivity contribution in [2.75, 3.05) is 5.32 Å². The number of carbonyl (C=O) groups is 1. The Morgan fingerprint density at radius 3 is 2.44 bits per heavy atom. The predicted octanol–water partition coefficient (Wildman–Crippen LogP) is 1.32. The second kappa shape index (κ2) is 4.08. The molecule has 2 rings (SSSR count). The van der Waals surface area contributed by atoms with Crippen molar-refractivity contribution in [1.82, 2.24) is 9.97 Å². The molecule has 86 valence electrons. The smallest absolute Gasteiger partial charge is 0.251 e. The zero-order valence-corrected chi connectivity index (χ0v) is 9.36. The van der Waals surface area contributed by atoms with Crippen molar-refractivity contribution in [3.8, 4) is 0 Å². The van der Waals surface area contributed by atoms with Crippen LogP contribution in [0.15, 0.2) is 12.4 Å². The molecule has 5 nitrogen and oxygen atoms in total. The molecule has 5 heteroatoms. The molecule has 0 unspecified atom stereocenters. The van der Waals surface area contributed by atoms with Crippen LogP contribution in [0.4, 0.5) is 5.95 Å². The number of amides is 1. The van der Waals surface area contributed by atoms with Crippen molar-refractivity contribution in [3.63, 3.8) is 0 Å². The summed E-state index contributed by atoms with van der Waals surface area (Å²) < 4.78 is 0. The zero-order valence-electron chi connectivity index (χ0n) is 9.36. The van der Waals surface area contributed by atoms with Gasteiger partial charge in [-0.2, -0.15) is 0 Å². The first kappa shape index (κ1) is 10.9. The molecule has 1 aliphatic carbocycles. The van der Waals surface area contributed by atoms with Crippen LogP contribution in [0.5, 0.6) is 0 Å². The van der Waals surface area contributed by atoms with Gasteiger partial charge in [-0.3, -0.25) is 4.79 Å². The minimum Gasteiger partial charge on any atom is -0.366 e. The van der Waals surface area contributed by atoms with Crippen LogP contribution in [0.2, 0.25) is 0 Å². The molecule has 0 bridgehead atoms. The van der Waals surface area contributed by atoms with Crippen LogP contribution in [0.25, 0.3) is 0 Å². The lowest BCUT2D eigenvalue weighted by Crippen LogP contribution is -2.31. The van der Waals surface area contributed by atoms with Crippen molar-refractivity contribution >= 4 is 11.9 Å².